The molecule has 0 aliphatic heterocycles. The van der Waals surface area contributed by atoms with E-state index >= 15 is 0 Å². The van der Waals surface area contributed by atoms with Crippen LogP contribution in [0.3, 0.4) is 0 Å². The third kappa shape index (κ3) is 3.50. The minimum absolute atomic E-state index is 0.825. The quantitative estimate of drug-likeness (QED) is 0.277. The molecule has 0 nitrogen and oxygen atoms in total. The number of hydrogen-bond donors (Lipinski definition) is 0. The predicted molar refractivity (Wildman–Crippen MR) is 84.2 cm³/mol. The monoisotopic (exact) mass is 310 g/mol. The van der Waals surface area contributed by atoms with E-state index < -0.39 is 0 Å². The molecule has 0 heterocycles. The van der Waals surface area contributed by atoms with Crippen LogP contribution in [0.4, 0.5) is 0 Å². The minimum Gasteiger partial charge on any atom is -0.0928 e. The Morgan fingerprint density at radius 1 is 0.944 bits per heavy atom. The highest BCUT2D eigenvalue weighted by atomic mass is 79.9. The van der Waals surface area contributed by atoms with Crippen LogP contribution in [-0.2, 0) is 0 Å². The molecule has 0 saturated carbocycles. The van der Waals surface area contributed by atoms with Gasteiger partial charge in [-0.1, -0.05) is 65.4 Å². The first kappa shape index (κ1) is 14.4. The molecule has 2 aliphatic carbocycles. The highest BCUT2D eigenvalue weighted by Gasteiger charge is 2.33. The summed E-state index contributed by atoms with van der Waals surface area (Å²) in [5.41, 5.74) is 3.67. The van der Waals surface area contributed by atoms with E-state index in [1.165, 1.54) is 57.8 Å². The molecule has 2 atom stereocenters. The second-order valence-electron chi connectivity index (χ2n) is 5.84. The summed E-state index contributed by atoms with van der Waals surface area (Å²) < 4.78 is 0. The molecule has 0 N–H and O–H groups in total. The maximum atomic E-state index is 3.54. The van der Waals surface area contributed by atoms with Crippen LogP contribution in [0.2, 0.25) is 0 Å². The van der Waals surface area contributed by atoms with Gasteiger partial charge in [0.2, 0.25) is 0 Å². The van der Waals surface area contributed by atoms with Crippen LogP contribution in [0.1, 0.15) is 64.7 Å². The second-order valence-corrected chi connectivity index (χ2v) is 6.63. The molecule has 2 bridgehead atoms. The summed E-state index contributed by atoms with van der Waals surface area (Å²) in [6.45, 7) is 2.30. The number of hydrogen-bond acceptors (Lipinski definition) is 0. The number of halogens is 1. The van der Waals surface area contributed by atoms with Crippen molar-refractivity contribution in [2.24, 2.45) is 11.8 Å². The summed E-state index contributed by atoms with van der Waals surface area (Å²) in [6.07, 6.45) is 17.4. The molecule has 102 valence electrons. The number of rotatable bonds is 9. The fourth-order valence-electron chi connectivity index (χ4n) is 3.54. The van der Waals surface area contributed by atoms with Gasteiger partial charge in [0, 0.05) is 5.33 Å². The molecule has 2 rings (SSSR count). The molecule has 0 fully saturated rings. The Morgan fingerprint density at radius 2 is 1.56 bits per heavy atom. The lowest BCUT2D eigenvalue weighted by Crippen LogP contribution is -2.00. The van der Waals surface area contributed by atoms with E-state index in [1.807, 2.05) is 11.1 Å². The third-order valence-electron chi connectivity index (χ3n) is 4.52. The molecule has 2 aliphatic rings. The molecule has 1 heteroatoms. The molecule has 0 aromatic rings. The fraction of sp³-hybridized carbons (Fsp3) is 0.765. The van der Waals surface area contributed by atoms with Crippen molar-refractivity contribution in [2.75, 3.05) is 5.33 Å². The lowest BCUT2D eigenvalue weighted by molar-refractivity contribution is 0.631. The van der Waals surface area contributed by atoms with Gasteiger partial charge in [-0.25, -0.2) is 0 Å². The van der Waals surface area contributed by atoms with E-state index in [4.69, 9.17) is 0 Å². The molecule has 0 unspecified atom stereocenters. The largest absolute Gasteiger partial charge is 0.0928 e. The molecule has 0 aromatic carbocycles. The van der Waals surface area contributed by atoms with Gasteiger partial charge < -0.3 is 0 Å². The second kappa shape index (κ2) is 7.53. The molecular formula is C17H27Br. The van der Waals surface area contributed by atoms with Crippen LogP contribution < -0.4 is 0 Å². The number of alkyl halides is 1. The third-order valence-corrected chi connectivity index (χ3v) is 5.08. The van der Waals surface area contributed by atoms with E-state index in [-0.39, 0.29) is 0 Å². The fourth-order valence-corrected chi connectivity index (χ4v) is 3.93. The zero-order valence-electron chi connectivity index (χ0n) is 11.8. The highest BCUT2D eigenvalue weighted by Crippen LogP contribution is 2.47. The Hall–Kier alpha value is -0.0400. The Balaban J connectivity index is 1.85. The van der Waals surface area contributed by atoms with Gasteiger partial charge in [0.1, 0.15) is 0 Å². The number of allylic oxidation sites excluding steroid dienone is 4. The topological polar surface area (TPSA) is 0 Å². The Labute approximate surface area is 121 Å². The van der Waals surface area contributed by atoms with Gasteiger partial charge in [-0.3, -0.25) is 0 Å². The van der Waals surface area contributed by atoms with Gasteiger partial charge in [-0.15, -0.1) is 0 Å². The summed E-state index contributed by atoms with van der Waals surface area (Å²) in [4.78, 5) is 0. The Kier molecular flexibility index (Phi) is 6.01. The van der Waals surface area contributed by atoms with Crippen LogP contribution in [0.5, 0.6) is 0 Å². The van der Waals surface area contributed by atoms with Crippen LogP contribution in [-0.4, -0.2) is 5.33 Å². The van der Waals surface area contributed by atoms with E-state index in [1.54, 1.807) is 0 Å². The Bertz CT molecular complexity index is 314. The SMILES string of the molecule is CCCCCCC1=C(CCCCBr)[C@@H]2C=C[C@H]1C2. The maximum absolute atomic E-state index is 3.54. The summed E-state index contributed by atoms with van der Waals surface area (Å²) in [6, 6.07) is 0. The smallest absolute Gasteiger partial charge is 0.00314 e. The normalized spacial score (nSPS) is 25.4. The lowest BCUT2D eigenvalue weighted by Gasteiger charge is -2.16. The first-order valence-corrected chi connectivity index (χ1v) is 8.95. The van der Waals surface area contributed by atoms with E-state index in [0.717, 1.165) is 17.2 Å². The highest BCUT2D eigenvalue weighted by molar-refractivity contribution is 9.09. The average molecular weight is 311 g/mol. The summed E-state index contributed by atoms with van der Waals surface area (Å²) in [5, 5.41) is 1.16. The van der Waals surface area contributed by atoms with E-state index in [0.29, 0.717) is 0 Å². The van der Waals surface area contributed by atoms with Crippen molar-refractivity contribution >= 4 is 15.9 Å². The lowest BCUT2D eigenvalue weighted by atomic mass is 9.90. The van der Waals surface area contributed by atoms with Gasteiger partial charge in [0.05, 0.1) is 0 Å². The van der Waals surface area contributed by atoms with Gasteiger partial charge in [-0.05, 0) is 50.4 Å². The predicted octanol–water partition coefficient (Wildman–Crippen LogP) is 6.02. The van der Waals surface area contributed by atoms with E-state index in [9.17, 15) is 0 Å². The molecule has 0 saturated heterocycles. The van der Waals surface area contributed by atoms with Gasteiger partial charge in [0.25, 0.3) is 0 Å². The standard InChI is InChI=1S/C17H27Br/c1-2-3-4-5-8-16-14-10-11-15(13-14)17(16)9-6-7-12-18/h10-11,14-15H,2-9,12-13H2,1H3/t14-,15+/m0/s1. The van der Waals surface area contributed by atoms with Crippen molar-refractivity contribution in [1.82, 2.24) is 0 Å². The van der Waals surface area contributed by atoms with Gasteiger partial charge in [0.15, 0.2) is 0 Å². The molecule has 18 heavy (non-hydrogen) atoms. The first-order valence-electron chi connectivity index (χ1n) is 7.83. The zero-order valence-corrected chi connectivity index (χ0v) is 13.3. The van der Waals surface area contributed by atoms with Crippen molar-refractivity contribution in [1.29, 1.82) is 0 Å². The molecular weight excluding hydrogens is 284 g/mol. The van der Waals surface area contributed by atoms with Crippen molar-refractivity contribution in [3.8, 4) is 0 Å². The van der Waals surface area contributed by atoms with Crippen LogP contribution in [0.25, 0.3) is 0 Å². The van der Waals surface area contributed by atoms with Crippen LogP contribution in [0, 0.1) is 11.8 Å². The minimum atomic E-state index is 0.825. The Morgan fingerprint density at radius 3 is 2.11 bits per heavy atom. The summed E-state index contributed by atoms with van der Waals surface area (Å²) >= 11 is 3.54. The zero-order chi connectivity index (χ0) is 12.8. The number of unbranched alkanes of at least 4 members (excludes halogenated alkanes) is 4. The average Bonchev–Trinajstić information content (AvgIpc) is 2.97. The maximum Gasteiger partial charge on any atom is 0.00314 e. The van der Waals surface area contributed by atoms with Crippen LogP contribution >= 0.6 is 15.9 Å². The van der Waals surface area contributed by atoms with Crippen molar-refractivity contribution in [2.45, 2.75) is 64.7 Å². The summed E-state index contributed by atoms with van der Waals surface area (Å²) in [7, 11) is 0. The van der Waals surface area contributed by atoms with Gasteiger partial charge >= 0.3 is 0 Å². The molecule has 0 radical (unpaired) electrons. The van der Waals surface area contributed by atoms with Gasteiger partial charge in [-0.2, -0.15) is 0 Å². The number of fused-ring (bicyclic) bond motifs is 2. The molecule has 0 amide bonds. The molecule has 0 aromatic heterocycles. The van der Waals surface area contributed by atoms with Crippen molar-refractivity contribution in [3.63, 3.8) is 0 Å². The first-order chi connectivity index (χ1) is 8.86. The summed E-state index contributed by atoms with van der Waals surface area (Å²) in [5.74, 6) is 1.65. The van der Waals surface area contributed by atoms with Crippen molar-refractivity contribution in [3.05, 3.63) is 23.3 Å². The molecule has 0 spiro atoms. The van der Waals surface area contributed by atoms with Crippen molar-refractivity contribution < 1.29 is 0 Å². The van der Waals surface area contributed by atoms with E-state index in [2.05, 4.69) is 35.0 Å². The van der Waals surface area contributed by atoms with Crippen LogP contribution in [0.15, 0.2) is 23.3 Å².